The van der Waals surface area contributed by atoms with Crippen LogP contribution in [0.5, 0.6) is 0 Å². The predicted molar refractivity (Wildman–Crippen MR) is 126 cm³/mol. The third kappa shape index (κ3) is 4.76. The minimum Gasteiger partial charge on any atom is -0.462 e. The van der Waals surface area contributed by atoms with Gasteiger partial charge in [0.15, 0.2) is 6.10 Å². The Morgan fingerprint density at radius 2 is 1.91 bits per heavy atom. The number of amides is 1. The molecule has 32 heavy (non-hydrogen) atoms. The van der Waals surface area contributed by atoms with E-state index in [0.29, 0.717) is 21.4 Å². The summed E-state index contributed by atoms with van der Waals surface area (Å²) in [6.07, 6.45) is 5.99. The molecule has 2 aliphatic rings. The van der Waals surface area contributed by atoms with Crippen LogP contribution in [0.3, 0.4) is 0 Å². The molecule has 2 aromatic heterocycles. The van der Waals surface area contributed by atoms with Gasteiger partial charge in [0.1, 0.15) is 9.88 Å². The van der Waals surface area contributed by atoms with Gasteiger partial charge in [-0.25, -0.2) is 9.59 Å². The first kappa shape index (κ1) is 23.0. The lowest BCUT2D eigenvalue weighted by Crippen LogP contribution is -2.30. The van der Waals surface area contributed by atoms with Gasteiger partial charge in [-0.1, -0.05) is 6.92 Å². The summed E-state index contributed by atoms with van der Waals surface area (Å²) < 4.78 is 10.7. The van der Waals surface area contributed by atoms with Crippen molar-refractivity contribution in [1.82, 2.24) is 0 Å². The Bertz CT molecular complexity index is 1010. The van der Waals surface area contributed by atoms with E-state index in [1.165, 1.54) is 33.1 Å². The Balaban J connectivity index is 1.47. The lowest BCUT2D eigenvalue weighted by atomic mass is 9.88. The maximum absolute atomic E-state index is 12.9. The summed E-state index contributed by atoms with van der Waals surface area (Å²) >= 11 is 2.89. The first-order valence-electron chi connectivity index (χ1n) is 11.3. The average Bonchev–Trinajstić information content (AvgIpc) is 3.34. The van der Waals surface area contributed by atoms with Gasteiger partial charge in [0.25, 0.3) is 5.91 Å². The van der Waals surface area contributed by atoms with Gasteiger partial charge < -0.3 is 14.8 Å². The summed E-state index contributed by atoms with van der Waals surface area (Å²) in [6, 6.07) is 1.90. The summed E-state index contributed by atoms with van der Waals surface area (Å²) in [5.74, 6) is -0.797. The number of carbonyl (C=O) groups is 3. The normalized spacial score (nSPS) is 18.3. The van der Waals surface area contributed by atoms with Crippen LogP contribution in [0.4, 0.5) is 5.00 Å². The largest absolute Gasteiger partial charge is 0.462 e. The Labute approximate surface area is 196 Å². The summed E-state index contributed by atoms with van der Waals surface area (Å²) in [7, 11) is 0. The van der Waals surface area contributed by atoms with Crippen molar-refractivity contribution in [3.63, 3.8) is 0 Å². The number of rotatable bonds is 6. The SMILES string of the molecule is CCOC(=O)c1c(NC(=O)C(C)OC(=O)c2cc3c(s2)CCCC3)sc2c1CCC(C)C2. The highest BCUT2D eigenvalue weighted by Gasteiger charge is 2.30. The zero-order valence-corrected chi connectivity index (χ0v) is 20.4. The summed E-state index contributed by atoms with van der Waals surface area (Å²) in [5.41, 5.74) is 2.66. The molecule has 4 rings (SSSR count). The highest BCUT2D eigenvalue weighted by atomic mass is 32.1. The zero-order chi connectivity index (χ0) is 22.8. The van der Waals surface area contributed by atoms with Crippen molar-refractivity contribution in [1.29, 1.82) is 0 Å². The number of hydrogen-bond donors (Lipinski definition) is 1. The number of esters is 2. The van der Waals surface area contributed by atoms with Crippen molar-refractivity contribution in [2.45, 2.75) is 71.8 Å². The zero-order valence-electron chi connectivity index (χ0n) is 18.7. The number of carbonyl (C=O) groups excluding carboxylic acids is 3. The molecule has 2 aliphatic carbocycles. The molecule has 6 nitrogen and oxygen atoms in total. The van der Waals surface area contributed by atoms with Crippen LogP contribution < -0.4 is 5.32 Å². The van der Waals surface area contributed by atoms with Crippen molar-refractivity contribution in [3.8, 4) is 0 Å². The number of ether oxygens (including phenoxy) is 2. The molecular formula is C24H29NO5S2. The van der Waals surface area contributed by atoms with Gasteiger partial charge >= 0.3 is 11.9 Å². The molecule has 0 bridgehead atoms. The third-order valence-corrected chi connectivity index (χ3v) is 8.47. The maximum atomic E-state index is 12.9. The summed E-state index contributed by atoms with van der Waals surface area (Å²) in [5, 5.41) is 3.32. The summed E-state index contributed by atoms with van der Waals surface area (Å²) in [6.45, 7) is 5.78. The van der Waals surface area contributed by atoms with E-state index < -0.39 is 23.9 Å². The molecule has 8 heteroatoms. The number of anilines is 1. The third-order valence-electron chi connectivity index (χ3n) is 6.08. The van der Waals surface area contributed by atoms with Gasteiger partial charge in [0, 0.05) is 9.75 Å². The van der Waals surface area contributed by atoms with Crippen molar-refractivity contribution in [2.24, 2.45) is 5.92 Å². The maximum Gasteiger partial charge on any atom is 0.349 e. The first-order chi connectivity index (χ1) is 15.4. The molecule has 0 saturated carbocycles. The van der Waals surface area contributed by atoms with E-state index in [9.17, 15) is 14.4 Å². The topological polar surface area (TPSA) is 81.7 Å². The summed E-state index contributed by atoms with van der Waals surface area (Å²) in [4.78, 5) is 41.0. The quantitative estimate of drug-likeness (QED) is 0.583. The van der Waals surface area contributed by atoms with Crippen molar-refractivity contribution < 1.29 is 23.9 Å². The van der Waals surface area contributed by atoms with E-state index in [1.807, 2.05) is 6.07 Å². The highest BCUT2D eigenvalue weighted by molar-refractivity contribution is 7.17. The second-order valence-corrected chi connectivity index (χ2v) is 10.8. The molecule has 2 atom stereocenters. The Hall–Kier alpha value is -2.19. The smallest absolute Gasteiger partial charge is 0.349 e. The number of fused-ring (bicyclic) bond motifs is 2. The van der Waals surface area contributed by atoms with Crippen LogP contribution in [0, 0.1) is 5.92 Å². The molecular weight excluding hydrogens is 446 g/mol. The fourth-order valence-electron chi connectivity index (χ4n) is 4.33. The second-order valence-electron chi connectivity index (χ2n) is 8.58. The molecule has 2 unspecified atom stereocenters. The van der Waals surface area contributed by atoms with Crippen molar-refractivity contribution >= 4 is 45.5 Å². The van der Waals surface area contributed by atoms with E-state index in [-0.39, 0.29) is 6.61 Å². The van der Waals surface area contributed by atoms with Gasteiger partial charge in [-0.2, -0.15) is 0 Å². The molecule has 0 saturated heterocycles. The number of aryl methyl sites for hydroxylation is 2. The number of hydrogen-bond acceptors (Lipinski definition) is 7. The van der Waals surface area contributed by atoms with Crippen molar-refractivity contribution in [2.75, 3.05) is 11.9 Å². The van der Waals surface area contributed by atoms with Gasteiger partial charge in [-0.15, -0.1) is 22.7 Å². The van der Waals surface area contributed by atoms with E-state index in [0.717, 1.165) is 55.4 Å². The molecule has 0 spiro atoms. The Morgan fingerprint density at radius 1 is 1.12 bits per heavy atom. The fourth-order valence-corrected chi connectivity index (χ4v) is 6.87. The number of thiophene rings is 2. The van der Waals surface area contributed by atoms with E-state index in [2.05, 4.69) is 12.2 Å². The van der Waals surface area contributed by atoms with Crippen LogP contribution >= 0.6 is 22.7 Å². The number of nitrogens with one attached hydrogen (secondary N) is 1. The van der Waals surface area contributed by atoms with Crippen LogP contribution in [-0.2, 0) is 40.0 Å². The monoisotopic (exact) mass is 475 g/mol. The van der Waals surface area contributed by atoms with Gasteiger partial charge in [-0.3, -0.25) is 4.79 Å². The second kappa shape index (κ2) is 9.75. The van der Waals surface area contributed by atoms with E-state index in [1.54, 1.807) is 13.8 Å². The molecule has 172 valence electrons. The minimum absolute atomic E-state index is 0.270. The lowest BCUT2D eigenvalue weighted by Gasteiger charge is -2.18. The first-order valence-corrected chi connectivity index (χ1v) is 13.0. The molecule has 1 amide bonds. The Morgan fingerprint density at radius 3 is 2.66 bits per heavy atom. The Kier molecular flexibility index (Phi) is 7.00. The highest BCUT2D eigenvalue weighted by Crippen LogP contribution is 2.40. The van der Waals surface area contributed by atoms with Crippen LogP contribution in [0.15, 0.2) is 6.07 Å². The van der Waals surface area contributed by atoms with Gasteiger partial charge in [0.2, 0.25) is 0 Å². The van der Waals surface area contributed by atoms with Crippen LogP contribution in [-0.4, -0.2) is 30.6 Å². The molecule has 0 radical (unpaired) electrons. The van der Waals surface area contributed by atoms with Gasteiger partial charge in [-0.05, 0) is 81.9 Å². The van der Waals surface area contributed by atoms with E-state index >= 15 is 0 Å². The molecule has 1 N–H and O–H groups in total. The molecule has 0 fully saturated rings. The molecule has 0 aromatic carbocycles. The molecule has 0 aliphatic heterocycles. The average molecular weight is 476 g/mol. The minimum atomic E-state index is -0.977. The molecule has 2 aromatic rings. The van der Waals surface area contributed by atoms with Crippen molar-refractivity contribution in [3.05, 3.63) is 37.4 Å². The fraction of sp³-hybridized carbons (Fsp3) is 0.542. The predicted octanol–water partition coefficient (Wildman–Crippen LogP) is 5.17. The van der Waals surface area contributed by atoms with Crippen LogP contribution in [0.25, 0.3) is 0 Å². The van der Waals surface area contributed by atoms with E-state index in [4.69, 9.17) is 9.47 Å². The lowest BCUT2D eigenvalue weighted by molar-refractivity contribution is -0.123. The standard InChI is InChI=1S/C24H29NO5S2/c1-4-29-24(28)20-16-10-9-13(2)11-18(16)32-22(20)25-21(26)14(3)30-23(27)19-12-15-7-5-6-8-17(15)31-19/h12-14H,4-11H2,1-3H3,(H,25,26). The van der Waals surface area contributed by atoms with Crippen LogP contribution in [0.2, 0.25) is 0 Å². The van der Waals surface area contributed by atoms with Gasteiger partial charge in [0.05, 0.1) is 12.2 Å². The molecule has 2 heterocycles. The van der Waals surface area contributed by atoms with Crippen LogP contribution in [0.1, 0.15) is 80.9 Å².